The highest BCUT2D eigenvalue weighted by Gasteiger charge is 2.13. The zero-order valence-corrected chi connectivity index (χ0v) is 19.7. The molecule has 0 heterocycles. The molecule has 2 amide bonds. The van der Waals surface area contributed by atoms with Crippen LogP contribution >= 0.6 is 0 Å². The molecule has 0 unspecified atom stereocenters. The predicted octanol–water partition coefficient (Wildman–Crippen LogP) is 4.96. The number of nitrogens with zero attached hydrogens (tertiary/aromatic N) is 2. The van der Waals surface area contributed by atoms with Crippen LogP contribution in [0.1, 0.15) is 23.6 Å². The summed E-state index contributed by atoms with van der Waals surface area (Å²) in [6, 6.07) is 30.4. The fourth-order valence-electron chi connectivity index (χ4n) is 3.61. The summed E-state index contributed by atoms with van der Waals surface area (Å²) in [5.41, 5.74) is 5.98. The summed E-state index contributed by atoms with van der Waals surface area (Å²) < 4.78 is 5.96. The molecule has 7 nitrogen and oxygen atoms in total. The Balaban J connectivity index is 1.31. The van der Waals surface area contributed by atoms with Crippen LogP contribution < -0.4 is 15.5 Å². The van der Waals surface area contributed by atoms with E-state index in [1.165, 1.54) is 5.39 Å². The van der Waals surface area contributed by atoms with Crippen LogP contribution in [0, 0.1) is 11.3 Å². The summed E-state index contributed by atoms with van der Waals surface area (Å²) in [6.45, 7) is 2.18. The number of benzene rings is 4. The van der Waals surface area contributed by atoms with Gasteiger partial charge >= 0.3 is 11.8 Å². The Labute approximate surface area is 209 Å². The van der Waals surface area contributed by atoms with Crippen molar-refractivity contribution in [2.45, 2.75) is 20.0 Å². The number of nitrogens with one attached hydrogen (secondary N) is 2. The van der Waals surface area contributed by atoms with Gasteiger partial charge in [0.05, 0.1) is 18.2 Å². The van der Waals surface area contributed by atoms with E-state index in [0.29, 0.717) is 23.8 Å². The molecule has 178 valence electrons. The van der Waals surface area contributed by atoms with Gasteiger partial charge in [-0.2, -0.15) is 10.4 Å². The van der Waals surface area contributed by atoms with Crippen LogP contribution in [0.5, 0.6) is 5.75 Å². The second-order valence-corrected chi connectivity index (χ2v) is 8.08. The minimum atomic E-state index is -0.884. The molecule has 0 atom stereocenters. The molecule has 0 bridgehead atoms. The molecule has 0 saturated carbocycles. The van der Waals surface area contributed by atoms with Crippen LogP contribution in [-0.2, 0) is 22.6 Å². The number of anilines is 1. The Hall–Kier alpha value is -4.96. The highest BCUT2D eigenvalue weighted by atomic mass is 16.5. The monoisotopic (exact) mass is 476 g/mol. The number of carbonyl (C=O) groups excluding carboxylic acids is 2. The highest BCUT2D eigenvalue weighted by Crippen LogP contribution is 2.21. The molecule has 4 aromatic carbocycles. The summed E-state index contributed by atoms with van der Waals surface area (Å²) >= 11 is 0. The van der Waals surface area contributed by atoms with Crippen molar-refractivity contribution >= 4 is 34.0 Å². The SMILES string of the molecule is C/C(=N\NC(=O)C(=O)Nc1ccc(CC#N)cc1)c1ccc(OCc2cccc3ccccc23)cc1. The van der Waals surface area contributed by atoms with Gasteiger partial charge in [-0.1, -0.05) is 54.6 Å². The van der Waals surface area contributed by atoms with E-state index in [4.69, 9.17) is 10.00 Å². The van der Waals surface area contributed by atoms with Gasteiger partial charge in [0.15, 0.2) is 0 Å². The van der Waals surface area contributed by atoms with Gasteiger partial charge in [0, 0.05) is 5.69 Å². The van der Waals surface area contributed by atoms with Gasteiger partial charge in [-0.3, -0.25) is 9.59 Å². The van der Waals surface area contributed by atoms with Gasteiger partial charge in [0.25, 0.3) is 0 Å². The Morgan fingerprint density at radius 3 is 2.36 bits per heavy atom. The number of fused-ring (bicyclic) bond motifs is 1. The lowest BCUT2D eigenvalue weighted by atomic mass is 10.1. The van der Waals surface area contributed by atoms with Crippen LogP contribution in [0.3, 0.4) is 0 Å². The quantitative estimate of drug-likeness (QED) is 0.223. The number of amides is 2. The van der Waals surface area contributed by atoms with Crippen molar-refractivity contribution in [3.63, 3.8) is 0 Å². The van der Waals surface area contributed by atoms with Crippen molar-refractivity contribution < 1.29 is 14.3 Å². The van der Waals surface area contributed by atoms with Gasteiger partial charge in [-0.15, -0.1) is 0 Å². The summed E-state index contributed by atoms with van der Waals surface area (Å²) in [5.74, 6) is -1.01. The van der Waals surface area contributed by atoms with E-state index >= 15 is 0 Å². The molecule has 36 heavy (non-hydrogen) atoms. The maximum absolute atomic E-state index is 12.1. The van der Waals surface area contributed by atoms with Gasteiger partial charge in [-0.05, 0) is 70.8 Å². The first-order valence-corrected chi connectivity index (χ1v) is 11.3. The molecule has 0 aliphatic heterocycles. The maximum atomic E-state index is 12.1. The molecular formula is C29H24N4O3. The molecule has 0 spiro atoms. The van der Waals surface area contributed by atoms with Crippen molar-refractivity contribution in [3.05, 3.63) is 108 Å². The third-order valence-corrected chi connectivity index (χ3v) is 5.57. The maximum Gasteiger partial charge on any atom is 0.329 e. The molecule has 0 aromatic heterocycles. The van der Waals surface area contributed by atoms with E-state index in [1.807, 2.05) is 42.5 Å². The first kappa shape index (κ1) is 24.2. The molecule has 0 fully saturated rings. The molecule has 0 radical (unpaired) electrons. The van der Waals surface area contributed by atoms with E-state index in [9.17, 15) is 9.59 Å². The Bertz CT molecular complexity index is 1450. The summed E-state index contributed by atoms with van der Waals surface area (Å²) in [4.78, 5) is 24.3. The van der Waals surface area contributed by atoms with Gasteiger partial charge in [0.1, 0.15) is 12.4 Å². The third-order valence-electron chi connectivity index (χ3n) is 5.57. The molecule has 4 rings (SSSR count). The number of hydrogen-bond acceptors (Lipinski definition) is 5. The van der Waals surface area contributed by atoms with Crippen LogP contribution in [0.4, 0.5) is 5.69 Å². The Morgan fingerprint density at radius 2 is 1.61 bits per heavy atom. The number of rotatable bonds is 7. The minimum absolute atomic E-state index is 0.278. The molecule has 4 aromatic rings. The standard InChI is InChI=1S/C29H24N4O3/c1-20(32-33-29(35)28(34)31-25-13-9-21(10-14-25)17-18-30)22-11-15-26(16-12-22)36-19-24-7-4-6-23-5-2-3-8-27(23)24/h2-16H,17,19H2,1H3,(H,31,34)(H,33,35)/b32-20+. The largest absolute Gasteiger partial charge is 0.489 e. The average molecular weight is 477 g/mol. The van der Waals surface area contributed by atoms with Crippen LogP contribution in [0.15, 0.2) is 96.1 Å². The molecular weight excluding hydrogens is 452 g/mol. The topological polar surface area (TPSA) is 104 Å². The second-order valence-electron chi connectivity index (χ2n) is 8.08. The highest BCUT2D eigenvalue weighted by molar-refractivity contribution is 6.39. The number of nitriles is 1. The third kappa shape index (κ3) is 6.13. The summed E-state index contributed by atoms with van der Waals surface area (Å²) in [5, 5.41) is 17.6. The number of hydrazone groups is 1. The van der Waals surface area contributed by atoms with E-state index < -0.39 is 11.8 Å². The summed E-state index contributed by atoms with van der Waals surface area (Å²) in [7, 11) is 0. The van der Waals surface area contributed by atoms with Crippen LogP contribution in [-0.4, -0.2) is 17.5 Å². The van der Waals surface area contributed by atoms with Crippen molar-refractivity contribution in [3.8, 4) is 11.8 Å². The lowest BCUT2D eigenvalue weighted by molar-refractivity contribution is -0.136. The molecule has 7 heteroatoms. The van der Waals surface area contributed by atoms with Crippen molar-refractivity contribution in [2.75, 3.05) is 5.32 Å². The van der Waals surface area contributed by atoms with Crippen molar-refractivity contribution in [1.82, 2.24) is 5.43 Å². The van der Waals surface area contributed by atoms with Crippen molar-refractivity contribution in [1.29, 1.82) is 5.26 Å². The zero-order valence-electron chi connectivity index (χ0n) is 19.7. The van der Waals surface area contributed by atoms with Gasteiger partial charge < -0.3 is 10.1 Å². The number of hydrogen-bond donors (Lipinski definition) is 2. The van der Waals surface area contributed by atoms with E-state index in [-0.39, 0.29) is 6.42 Å². The Kier molecular flexibility index (Phi) is 7.69. The molecule has 0 aliphatic rings. The molecule has 0 aliphatic carbocycles. The first-order chi connectivity index (χ1) is 17.5. The van der Waals surface area contributed by atoms with Gasteiger partial charge in [-0.25, -0.2) is 5.43 Å². The van der Waals surface area contributed by atoms with E-state index in [2.05, 4.69) is 46.2 Å². The summed E-state index contributed by atoms with van der Waals surface area (Å²) in [6.07, 6.45) is 0.278. The van der Waals surface area contributed by atoms with E-state index in [1.54, 1.807) is 31.2 Å². The van der Waals surface area contributed by atoms with E-state index in [0.717, 1.165) is 22.1 Å². The normalized spacial score (nSPS) is 10.9. The lowest BCUT2D eigenvalue weighted by Crippen LogP contribution is -2.32. The van der Waals surface area contributed by atoms with Crippen molar-refractivity contribution in [2.24, 2.45) is 5.10 Å². The fourth-order valence-corrected chi connectivity index (χ4v) is 3.61. The van der Waals surface area contributed by atoms with Gasteiger partial charge in [0.2, 0.25) is 0 Å². The predicted molar refractivity (Wildman–Crippen MR) is 139 cm³/mol. The van der Waals surface area contributed by atoms with Crippen LogP contribution in [0.2, 0.25) is 0 Å². The smallest absolute Gasteiger partial charge is 0.329 e. The molecule has 2 N–H and O–H groups in total. The second kappa shape index (κ2) is 11.4. The average Bonchev–Trinajstić information content (AvgIpc) is 2.91. The minimum Gasteiger partial charge on any atom is -0.489 e. The number of carbonyl (C=O) groups is 2. The fraction of sp³-hybridized carbons (Fsp3) is 0.103. The first-order valence-electron chi connectivity index (χ1n) is 11.3. The lowest BCUT2D eigenvalue weighted by Gasteiger charge is -2.10. The Morgan fingerprint density at radius 1 is 0.889 bits per heavy atom. The zero-order chi connectivity index (χ0) is 25.3. The number of ether oxygens (including phenoxy) is 1. The molecule has 0 saturated heterocycles. The van der Waals surface area contributed by atoms with Crippen LogP contribution in [0.25, 0.3) is 10.8 Å².